The third-order valence-corrected chi connectivity index (χ3v) is 4.32. The van der Waals surface area contributed by atoms with E-state index in [4.69, 9.17) is 4.52 Å². The minimum absolute atomic E-state index is 0.0336. The number of nitrogens with one attached hydrogen (secondary N) is 1. The van der Waals surface area contributed by atoms with E-state index in [0.29, 0.717) is 31.2 Å². The molecule has 1 saturated heterocycles. The second-order valence-electron chi connectivity index (χ2n) is 6.16. The first-order chi connectivity index (χ1) is 11.8. The summed E-state index contributed by atoms with van der Waals surface area (Å²) in [6.07, 6.45) is 3.43. The second kappa shape index (κ2) is 8.06. The van der Waals surface area contributed by atoms with Crippen molar-refractivity contribution in [3.8, 4) is 0 Å². The first-order valence-corrected chi connectivity index (χ1v) is 8.63. The number of nitrogens with zero attached hydrogens (tertiary/aromatic N) is 3. The van der Waals surface area contributed by atoms with Gasteiger partial charge < -0.3 is 9.84 Å². The third-order valence-electron chi connectivity index (χ3n) is 4.32. The summed E-state index contributed by atoms with van der Waals surface area (Å²) >= 11 is 0. The van der Waals surface area contributed by atoms with E-state index < -0.39 is 0 Å². The number of unbranched alkanes of at least 4 members (excludes halogenated alkanes) is 1. The Morgan fingerprint density at radius 1 is 1.33 bits per heavy atom. The van der Waals surface area contributed by atoms with E-state index in [1.54, 1.807) is 0 Å². The SMILES string of the molecule is CCCCc1nc(CN2CCNC(=O)CC2c2ccccc2)no1. The molecule has 2 aromatic rings. The summed E-state index contributed by atoms with van der Waals surface area (Å²) in [5, 5.41) is 7.06. The molecule has 0 aliphatic carbocycles. The Morgan fingerprint density at radius 3 is 2.96 bits per heavy atom. The van der Waals surface area contributed by atoms with Crippen molar-refractivity contribution >= 4 is 5.91 Å². The largest absolute Gasteiger partial charge is 0.355 e. The minimum atomic E-state index is 0.0336. The standard InChI is InChI=1S/C18H24N4O2/c1-2-3-9-18-20-16(21-24-18)13-22-11-10-19-17(23)12-15(22)14-7-5-4-6-8-14/h4-8,15H,2-3,9-13H2,1H3,(H,19,23). The summed E-state index contributed by atoms with van der Waals surface area (Å²) in [6, 6.07) is 10.2. The van der Waals surface area contributed by atoms with Gasteiger partial charge in [-0.15, -0.1) is 0 Å². The van der Waals surface area contributed by atoms with Gasteiger partial charge in [0.15, 0.2) is 5.82 Å². The maximum atomic E-state index is 12.0. The van der Waals surface area contributed by atoms with Gasteiger partial charge >= 0.3 is 0 Å². The molecule has 1 fully saturated rings. The zero-order valence-corrected chi connectivity index (χ0v) is 14.1. The molecule has 128 valence electrons. The van der Waals surface area contributed by atoms with Crippen LogP contribution in [0.25, 0.3) is 0 Å². The quantitative estimate of drug-likeness (QED) is 0.882. The number of aromatic nitrogens is 2. The van der Waals surface area contributed by atoms with Gasteiger partial charge in [0.2, 0.25) is 11.8 Å². The second-order valence-corrected chi connectivity index (χ2v) is 6.16. The smallest absolute Gasteiger partial charge is 0.226 e. The molecule has 1 N–H and O–H groups in total. The lowest BCUT2D eigenvalue weighted by atomic mass is 10.0. The molecule has 1 atom stereocenters. The summed E-state index contributed by atoms with van der Waals surface area (Å²) in [6.45, 7) is 4.14. The number of hydrogen-bond donors (Lipinski definition) is 1. The van der Waals surface area contributed by atoms with E-state index in [-0.39, 0.29) is 11.9 Å². The zero-order chi connectivity index (χ0) is 16.8. The molecule has 0 radical (unpaired) electrons. The minimum Gasteiger partial charge on any atom is -0.355 e. The molecule has 0 bridgehead atoms. The monoisotopic (exact) mass is 328 g/mol. The normalized spacial score (nSPS) is 19.0. The molecule has 3 rings (SSSR count). The first kappa shape index (κ1) is 16.6. The molecule has 24 heavy (non-hydrogen) atoms. The van der Waals surface area contributed by atoms with Crippen molar-refractivity contribution < 1.29 is 9.32 Å². The first-order valence-electron chi connectivity index (χ1n) is 8.63. The molecule has 0 saturated carbocycles. The average molecular weight is 328 g/mol. The van der Waals surface area contributed by atoms with Gasteiger partial charge in [0.05, 0.1) is 6.54 Å². The maximum absolute atomic E-state index is 12.0. The van der Waals surface area contributed by atoms with Crippen LogP contribution in [0.3, 0.4) is 0 Å². The van der Waals surface area contributed by atoms with Crippen molar-refractivity contribution in [1.82, 2.24) is 20.4 Å². The molecule has 6 heteroatoms. The van der Waals surface area contributed by atoms with Gasteiger partial charge in [-0.2, -0.15) is 4.98 Å². The Hall–Kier alpha value is -2.21. The highest BCUT2D eigenvalue weighted by Crippen LogP contribution is 2.26. The van der Waals surface area contributed by atoms with Crippen LogP contribution in [0.15, 0.2) is 34.9 Å². The van der Waals surface area contributed by atoms with Gasteiger partial charge in [0.25, 0.3) is 0 Å². The summed E-state index contributed by atoms with van der Waals surface area (Å²) in [5.41, 5.74) is 1.14. The Balaban J connectivity index is 1.75. The van der Waals surface area contributed by atoms with E-state index >= 15 is 0 Å². The maximum Gasteiger partial charge on any atom is 0.226 e. The Kier molecular flexibility index (Phi) is 5.59. The average Bonchev–Trinajstić information content (AvgIpc) is 2.96. The number of carbonyl (C=O) groups is 1. The highest BCUT2D eigenvalue weighted by Gasteiger charge is 2.27. The highest BCUT2D eigenvalue weighted by atomic mass is 16.5. The van der Waals surface area contributed by atoms with E-state index in [0.717, 1.165) is 31.4 Å². The van der Waals surface area contributed by atoms with Crippen LogP contribution in [0.4, 0.5) is 0 Å². The molecule has 0 spiro atoms. The van der Waals surface area contributed by atoms with Crippen molar-refractivity contribution in [3.63, 3.8) is 0 Å². The predicted molar refractivity (Wildman–Crippen MR) is 90.1 cm³/mol. The number of aryl methyl sites for hydroxylation is 1. The topological polar surface area (TPSA) is 71.3 Å². The fourth-order valence-corrected chi connectivity index (χ4v) is 3.03. The van der Waals surface area contributed by atoms with E-state index in [2.05, 4.69) is 39.4 Å². The number of hydrogen-bond acceptors (Lipinski definition) is 5. The van der Waals surface area contributed by atoms with Crippen molar-refractivity contribution in [2.45, 2.75) is 45.2 Å². The van der Waals surface area contributed by atoms with Gasteiger partial charge in [-0.25, -0.2) is 0 Å². The molecule has 6 nitrogen and oxygen atoms in total. The van der Waals surface area contributed by atoms with Crippen LogP contribution in [0, 0.1) is 0 Å². The van der Waals surface area contributed by atoms with Crippen LogP contribution in [0.2, 0.25) is 0 Å². The fourth-order valence-electron chi connectivity index (χ4n) is 3.03. The van der Waals surface area contributed by atoms with E-state index in [1.807, 2.05) is 18.2 Å². The molecular formula is C18H24N4O2. The molecule has 2 heterocycles. The zero-order valence-electron chi connectivity index (χ0n) is 14.1. The van der Waals surface area contributed by atoms with Crippen LogP contribution in [0.1, 0.15) is 49.5 Å². The van der Waals surface area contributed by atoms with Crippen LogP contribution < -0.4 is 5.32 Å². The van der Waals surface area contributed by atoms with Crippen molar-refractivity contribution in [2.75, 3.05) is 13.1 Å². The van der Waals surface area contributed by atoms with Gasteiger partial charge in [-0.3, -0.25) is 9.69 Å². The molecular weight excluding hydrogens is 304 g/mol. The Morgan fingerprint density at radius 2 is 2.17 bits per heavy atom. The molecule has 1 unspecified atom stereocenters. The molecule has 1 aliphatic heterocycles. The Bertz CT molecular complexity index is 656. The highest BCUT2D eigenvalue weighted by molar-refractivity contribution is 5.77. The number of amides is 1. The molecule has 1 aromatic carbocycles. The van der Waals surface area contributed by atoms with Crippen LogP contribution in [-0.4, -0.2) is 34.0 Å². The lowest BCUT2D eigenvalue weighted by molar-refractivity contribution is -0.121. The number of carbonyl (C=O) groups excluding carboxylic acids is 1. The van der Waals surface area contributed by atoms with Crippen LogP contribution in [-0.2, 0) is 17.8 Å². The molecule has 1 aliphatic rings. The summed E-state index contributed by atoms with van der Waals surface area (Å²) < 4.78 is 5.33. The van der Waals surface area contributed by atoms with E-state index in [9.17, 15) is 4.79 Å². The van der Waals surface area contributed by atoms with Gasteiger partial charge in [0.1, 0.15) is 0 Å². The summed E-state index contributed by atoms with van der Waals surface area (Å²) in [5.74, 6) is 1.48. The van der Waals surface area contributed by atoms with Crippen LogP contribution in [0.5, 0.6) is 0 Å². The van der Waals surface area contributed by atoms with Crippen molar-refractivity contribution in [1.29, 1.82) is 0 Å². The summed E-state index contributed by atoms with van der Waals surface area (Å²) in [7, 11) is 0. The number of benzene rings is 1. The van der Waals surface area contributed by atoms with Crippen LogP contribution >= 0.6 is 0 Å². The van der Waals surface area contributed by atoms with Gasteiger partial charge in [-0.1, -0.05) is 48.8 Å². The van der Waals surface area contributed by atoms with Crippen molar-refractivity contribution in [3.05, 3.63) is 47.6 Å². The number of rotatable bonds is 6. The summed E-state index contributed by atoms with van der Waals surface area (Å²) in [4.78, 5) is 18.7. The van der Waals surface area contributed by atoms with Gasteiger partial charge in [0, 0.05) is 32.0 Å². The molecule has 1 amide bonds. The Labute approximate surface area is 142 Å². The third kappa shape index (κ3) is 4.20. The fraction of sp³-hybridized carbons (Fsp3) is 0.500. The van der Waals surface area contributed by atoms with Crippen molar-refractivity contribution in [2.24, 2.45) is 0 Å². The molecule has 1 aromatic heterocycles. The van der Waals surface area contributed by atoms with Gasteiger partial charge in [-0.05, 0) is 12.0 Å². The lowest BCUT2D eigenvalue weighted by Gasteiger charge is -2.28. The lowest BCUT2D eigenvalue weighted by Crippen LogP contribution is -2.31. The predicted octanol–water partition coefficient (Wildman–Crippen LogP) is 2.48. The van der Waals surface area contributed by atoms with E-state index in [1.165, 1.54) is 0 Å².